The summed E-state index contributed by atoms with van der Waals surface area (Å²) in [6.07, 6.45) is -0.296. The second-order valence-electron chi connectivity index (χ2n) is 6.51. The average molecular weight is 461 g/mol. The summed E-state index contributed by atoms with van der Waals surface area (Å²) in [6, 6.07) is 7.67. The van der Waals surface area contributed by atoms with Crippen LogP contribution in [0.2, 0.25) is 0 Å². The van der Waals surface area contributed by atoms with Crippen molar-refractivity contribution >= 4 is 34.5 Å². The lowest BCUT2D eigenvalue weighted by atomic mass is 10.2. The number of furan rings is 1. The van der Waals surface area contributed by atoms with Crippen LogP contribution in [0.3, 0.4) is 0 Å². The number of nitrogens with zero attached hydrogens (tertiary/aromatic N) is 4. The third-order valence-electron chi connectivity index (χ3n) is 4.26. The normalized spacial score (nSPS) is 11.6. The van der Waals surface area contributed by atoms with Gasteiger partial charge in [-0.2, -0.15) is 13.2 Å². The second-order valence-corrected chi connectivity index (χ2v) is 7.45. The first-order chi connectivity index (χ1) is 15.3. The number of hydrogen-bond acceptors (Lipinski definition) is 7. The number of carbonyl (C=O) groups excluding carboxylic acids is 1. The number of fused-ring (bicyclic) bond motifs is 1. The van der Waals surface area contributed by atoms with Crippen LogP contribution < -0.4 is 10.9 Å². The number of amides is 1. The van der Waals surface area contributed by atoms with Crippen molar-refractivity contribution in [2.24, 2.45) is 0 Å². The van der Waals surface area contributed by atoms with Crippen LogP contribution in [0.15, 0.2) is 69.4 Å². The largest absolute Gasteiger partial charge is 0.467 e. The molecule has 3 aromatic heterocycles. The molecule has 8 nitrogen and oxygen atoms in total. The predicted molar refractivity (Wildman–Crippen MR) is 110 cm³/mol. The summed E-state index contributed by atoms with van der Waals surface area (Å²) in [7, 11) is 0. The van der Waals surface area contributed by atoms with Crippen molar-refractivity contribution in [1.82, 2.24) is 19.5 Å². The van der Waals surface area contributed by atoms with E-state index >= 15 is 0 Å². The summed E-state index contributed by atoms with van der Waals surface area (Å²) < 4.78 is 45.2. The Morgan fingerprint density at radius 2 is 1.97 bits per heavy atom. The Labute approximate surface area is 182 Å². The lowest BCUT2D eigenvalue weighted by molar-refractivity contribution is -0.137. The van der Waals surface area contributed by atoms with Gasteiger partial charge >= 0.3 is 6.18 Å². The molecule has 1 amide bonds. The van der Waals surface area contributed by atoms with Crippen LogP contribution in [0, 0.1) is 0 Å². The van der Waals surface area contributed by atoms with Gasteiger partial charge in [-0.15, -0.1) is 0 Å². The monoisotopic (exact) mass is 461 g/mol. The van der Waals surface area contributed by atoms with Crippen molar-refractivity contribution < 1.29 is 22.4 Å². The van der Waals surface area contributed by atoms with E-state index in [9.17, 15) is 22.8 Å². The molecule has 0 aliphatic rings. The molecule has 0 aliphatic heterocycles. The number of carbonyl (C=O) groups is 1. The minimum atomic E-state index is -4.52. The zero-order valence-electron chi connectivity index (χ0n) is 16.2. The molecule has 4 rings (SSSR count). The van der Waals surface area contributed by atoms with E-state index in [0.29, 0.717) is 5.76 Å². The van der Waals surface area contributed by atoms with Gasteiger partial charge in [-0.05, 0) is 30.3 Å². The van der Waals surface area contributed by atoms with E-state index in [1.807, 2.05) is 0 Å². The fourth-order valence-electron chi connectivity index (χ4n) is 2.84. The molecule has 0 aliphatic carbocycles. The molecule has 32 heavy (non-hydrogen) atoms. The maximum absolute atomic E-state index is 12.9. The molecule has 0 bridgehead atoms. The Kier molecular flexibility index (Phi) is 5.95. The molecule has 1 aromatic carbocycles. The molecular formula is C20H14F3N5O3S. The van der Waals surface area contributed by atoms with Crippen LogP contribution in [0.1, 0.15) is 11.3 Å². The lowest BCUT2D eigenvalue weighted by Gasteiger charge is -2.12. The van der Waals surface area contributed by atoms with E-state index in [4.69, 9.17) is 4.42 Å². The highest BCUT2D eigenvalue weighted by atomic mass is 32.2. The van der Waals surface area contributed by atoms with Gasteiger partial charge in [0.15, 0.2) is 16.3 Å². The molecule has 0 saturated heterocycles. The summed E-state index contributed by atoms with van der Waals surface area (Å²) in [4.78, 5) is 37.6. The number of anilines is 1. The first kappa shape index (κ1) is 21.6. The topological polar surface area (TPSA) is 103 Å². The number of alkyl halides is 3. The fourth-order valence-corrected chi connectivity index (χ4v) is 3.62. The van der Waals surface area contributed by atoms with Crippen molar-refractivity contribution in [2.75, 3.05) is 11.1 Å². The molecule has 164 valence electrons. The Balaban J connectivity index is 1.56. The number of rotatable bonds is 6. The van der Waals surface area contributed by atoms with Crippen LogP contribution >= 0.6 is 11.8 Å². The number of benzene rings is 1. The smallest absolute Gasteiger partial charge is 0.416 e. The number of halogens is 3. The molecule has 1 N–H and O–H groups in total. The molecule has 0 fully saturated rings. The summed E-state index contributed by atoms with van der Waals surface area (Å²) >= 11 is 0.943. The summed E-state index contributed by atoms with van der Waals surface area (Å²) in [6.45, 7) is 0.0585. The van der Waals surface area contributed by atoms with Gasteiger partial charge in [0.1, 0.15) is 5.76 Å². The zero-order chi connectivity index (χ0) is 22.7. The molecule has 12 heteroatoms. The quantitative estimate of drug-likeness (QED) is 0.346. The molecule has 0 saturated carbocycles. The Morgan fingerprint density at radius 3 is 2.72 bits per heavy atom. The van der Waals surface area contributed by atoms with Crippen LogP contribution in [0.25, 0.3) is 11.2 Å². The van der Waals surface area contributed by atoms with Gasteiger partial charge in [0, 0.05) is 18.1 Å². The van der Waals surface area contributed by atoms with Crippen LogP contribution in [-0.4, -0.2) is 31.2 Å². The standard InChI is InChI=1S/C20H14F3N5O3S/c21-20(22,23)12-3-1-4-13(9-12)26-15(29)11-32-19-27-17-16(24-6-7-25-17)18(30)28(19)10-14-5-2-8-31-14/h1-9H,10-11H2,(H,26,29). The first-order valence-corrected chi connectivity index (χ1v) is 10.1. The molecule has 0 radical (unpaired) electrons. The Morgan fingerprint density at radius 1 is 1.16 bits per heavy atom. The number of thioether (sulfide) groups is 1. The molecule has 0 spiro atoms. The van der Waals surface area contributed by atoms with E-state index in [1.54, 1.807) is 12.1 Å². The molecule has 0 atom stereocenters. The van der Waals surface area contributed by atoms with Gasteiger partial charge in [-0.25, -0.2) is 15.0 Å². The predicted octanol–water partition coefficient (Wildman–Crippen LogP) is 3.58. The molecule has 3 heterocycles. The van der Waals surface area contributed by atoms with Gasteiger partial charge < -0.3 is 9.73 Å². The third-order valence-corrected chi connectivity index (χ3v) is 5.24. The van der Waals surface area contributed by atoms with Crippen molar-refractivity contribution in [3.63, 3.8) is 0 Å². The van der Waals surface area contributed by atoms with Crippen LogP contribution in [0.5, 0.6) is 0 Å². The van der Waals surface area contributed by atoms with Gasteiger partial charge in [-0.3, -0.25) is 14.2 Å². The van der Waals surface area contributed by atoms with E-state index in [-0.39, 0.29) is 34.3 Å². The minimum Gasteiger partial charge on any atom is -0.467 e. The second kappa shape index (κ2) is 8.83. The van der Waals surface area contributed by atoms with Gasteiger partial charge in [-0.1, -0.05) is 17.8 Å². The SMILES string of the molecule is O=C(CSc1nc2nccnc2c(=O)n1Cc1ccco1)Nc1cccc(C(F)(F)F)c1. The third kappa shape index (κ3) is 4.80. The van der Waals surface area contributed by atoms with Crippen molar-refractivity contribution in [3.05, 3.63) is 76.7 Å². The van der Waals surface area contributed by atoms with E-state index in [2.05, 4.69) is 20.3 Å². The summed E-state index contributed by atoms with van der Waals surface area (Å²) in [5.74, 6) is -0.271. The van der Waals surface area contributed by atoms with Crippen molar-refractivity contribution in [3.8, 4) is 0 Å². The highest BCUT2D eigenvalue weighted by molar-refractivity contribution is 7.99. The highest BCUT2D eigenvalue weighted by Gasteiger charge is 2.30. The van der Waals surface area contributed by atoms with Gasteiger partial charge in [0.25, 0.3) is 5.56 Å². The maximum Gasteiger partial charge on any atom is 0.416 e. The van der Waals surface area contributed by atoms with Gasteiger partial charge in [0.2, 0.25) is 5.91 Å². The minimum absolute atomic E-state index is 0.00994. The Hall–Kier alpha value is -3.67. The fraction of sp³-hybridized carbons (Fsp3) is 0.150. The molecule has 0 unspecified atom stereocenters. The van der Waals surface area contributed by atoms with E-state index < -0.39 is 23.2 Å². The Bertz CT molecular complexity index is 1320. The molecule has 4 aromatic rings. The summed E-state index contributed by atoms with van der Waals surface area (Å²) in [5, 5.41) is 2.61. The lowest BCUT2D eigenvalue weighted by Crippen LogP contribution is -2.25. The zero-order valence-corrected chi connectivity index (χ0v) is 17.0. The van der Waals surface area contributed by atoms with E-state index in [1.165, 1.54) is 35.4 Å². The molecular weight excluding hydrogens is 447 g/mol. The average Bonchev–Trinajstić information content (AvgIpc) is 3.27. The van der Waals surface area contributed by atoms with Crippen LogP contribution in [-0.2, 0) is 17.5 Å². The van der Waals surface area contributed by atoms with Crippen molar-refractivity contribution in [1.29, 1.82) is 0 Å². The van der Waals surface area contributed by atoms with E-state index in [0.717, 1.165) is 23.9 Å². The summed E-state index contributed by atoms with van der Waals surface area (Å²) in [5.41, 5.74) is -1.13. The van der Waals surface area contributed by atoms with Crippen LogP contribution in [0.4, 0.5) is 18.9 Å². The number of nitrogens with one attached hydrogen (secondary N) is 1. The first-order valence-electron chi connectivity index (χ1n) is 9.15. The van der Waals surface area contributed by atoms with Crippen molar-refractivity contribution in [2.45, 2.75) is 17.9 Å². The highest BCUT2D eigenvalue weighted by Crippen LogP contribution is 2.30. The maximum atomic E-state index is 12.9. The number of aromatic nitrogens is 4. The number of hydrogen-bond donors (Lipinski definition) is 1. The van der Waals surface area contributed by atoms with Gasteiger partial charge in [0.05, 0.1) is 24.1 Å².